The molecule has 90 valence electrons. The fraction of sp³-hybridized carbons (Fsp3) is 0.154. The highest BCUT2D eigenvalue weighted by Gasteiger charge is 2.07. The van der Waals surface area contributed by atoms with Crippen LogP contribution in [0.1, 0.15) is 10.6 Å². The predicted molar refractivity (Wildman–Crippen MR) is 72.0 cm³/mol. The zero-order valence-electron chi connectivity index (χ0n) is 9.83. The Kier molecular flexibility index (Phi) is 2.68. The number of fused-ring (bicyclic) bond motifs is 1. The maximum absolute atomic E-state index is 12.2. The number of rotatable bonds is 2. The lowest BCUT2D eigenvalue weighted by Crippen LogP contribution is -2.20. The zero-order valence-corrected chi connectivity index (χ0v) is 10.6. The molecule has 0 saturated heterocycles. The molecule has 4 nitrogen and oxygen atoms in total. The smallest absolute Gasteiger partial charge is 0.262 e. The molecule has 5 heteroatoms. The van der Waals surface area contributed by atoms with Gasteiger partial charge in [-0.05, 0) is 25.1 Å². The minimum absolute atomic E-state index is 0.00463. The van der Waals surface area contributed by atoms with E-state index in [4.69, 9.17) is 0 Å². The van der Waals surface area contributed by atoms with E-state index in [1.807, 2.05) is 31.2 Å². The van der Waals surface area contributed by atoms with E-state index < -0.39 is 0 Å². The lowest BCUT2D eigenvalue weighted by Gasteiger charge is -2.03. The number of nitrogens with zero attached hydrogens (tertiary/aromatic N) is 3. The highest BCUT2D eigenvalue weighted by molar-refractivity contribution is 7.18. The summed E-state index contributed by atoms with van der Waals surface area (Å²) in [7, 11) is 0. The Morgan fingerprint density at radius 1 is 1.33 bits per heavy atom. The third kappa shape index (κ3) is 1.93. The number of hydrogen-bond donors (Lipinski definition) is 0. The van der Waals surface area contributed by atoms with Crippen molar-refractivity contribution >= 4 is 21.6 Å². The molecule has 3 aromatic rings. The molecule has 0 spiro atoms. The van der Waals surface area contributed by atoms with Gasteiger partial charge in [0.05, 0.1) is 24.0 Å². The first kappa shape index (κ1) is 11.1. The van der Waals surface area contributed by atoms with Crippen LogP contribution in [0.25, 0.3) is 10.2 Å². The topological polar surface area (TPSA) is 47.8 Å². The number of aryl methyl sites for hydroxylation is 1. The van der Waals surface area contributed by atoms with Crippen LogP contribution < -0.4 is 5.56 Å². The van der Waals surface area contributed by atoms with Crippen LogP contribution in [-0.2, 0) is 6.54 Å². The summed E-state index contributed by atoms with van der Waals surface area (Å²) in [6.45, 7) is 2.44. The molecule has 0 unspecified atom stereocenters. The summed E-state index contributed by atoms with van der Waals surface area (Å²) in [5.41, 5.74) is 0.850. The molecular formula is C13H11N3OS. The van der Waals surface area contributed by atoms with Crippen LogP contribution in [0, 0.1) is 6.92 Å². The summed E-state index contributed by atoms with van der Waals surface area (Å²) in [4.78, 5) is 22.7. The number of pyridine rings is 1. The average Bonchev–Trinajstić information content (AvgIpc) is 2.76. The molecule has 0 aromatic carbocycles. The van der Waals surface area contributed by atoms with Gasteiger partial charge in [0.1, 0.15) is 4.83 Å². The first-order chi connectivity index (χ1) is 8.74. The van der Waals surface area contributed by atoms with Gasteiger partial charge in [0.15, 0.2) is 0 Å². The van der Waals surface area contributed by atoms with Crippen LogP contribution >= 0.6 is 11.3 Å². The van der Waals surface area contributed by atoms with Crippen molar-refractivity contribution in [1.29, 1.82) is 0 Å². The van der Waals surface area contributed by atoms with Crippen molar-refractivity contribution in [2.24, 2.45) is 0 Å². The van der Waals surface area contributed by atoms with E-state index in [1.165, 1.54) is 0 Å². The fourth-order valence-corrected chi connectivity index (χ4v) is 2.70. The van der Waals surface area contributed by atoms with Gasteiger partial charge in [0.25, 0.3) is 5.56 Å². The van der Waals surface area contributed by atoms with Crippen LogP contribution in [0.3, 0.4) is 0 Å². The quantitative estimate of drug-likeness (QED) is 0.707. The molecule has 0 aliphatic heterocycles. The van der Waals surface area contributed by atoms with E-state index in [-0.39, 0.29) is 5.56 Å². The SMILES string of the molecule is Cc1cc2c(=O)n(Cc3ccccn3)cnc2s1. The third-order valence-corrected chi connectivity index (χ3v) is 3.66. The maximum Gasteiger partial charge on any atom is 0.262 e. The first-order valence-corrected chi connectivity index (χ1v) is 6.41. The van der Waals surface area contributed by atoms with Crippen molar-refractivity contribution in [1.82, 2.24) is 14.5 Å². The molecule has 0 aliphatic carbocycles. The van der Waals surface area contributed by atoms with E-state index >= 15 is 0 Å². The Morgan fingerprint density at radius 3 is 3.00 bits per heavy atom. The fourth-order valence-electron chi connectivity index (χ4n) is 1.86. The lowest BCUT2D eigenvalue weighted by molar-refractivity contribution is 0.730. The van der Waals surface area contributed by atoms with Crippen molar-refractivity contribution < 1.29 is 0 Å². The summed E-state index contributed by atoms with van der Waals surface area (Å²) in [5, 5.41) is 0.691. The predicted octanol–water partition coefficient (Wildman–Crippen LogP) is 2.21. The largest absolute Gasteiger partial charge is 0.293 e. The molecule has 0 amide bonds. The van der Waals surface area contributed by atoms with Gasteiger partial charge in [-0.1, -0.05) is 6.07 Å². The number of thiophene rings is 1. The summed E-state index contributed by atoms with van der Waals surface area (Å²) < 4.78 is 1.59. The minimum Gasteiger partial charge on any atom is -0.293 e. The third-order valence-electron chi connectivity index (χ3n) is 2.70. The maximum atomic E-state index is 12.2. The standard InChI is InChI=1S/C13H11N3OS/c1-9-6-11-12(18-9)15-8-16(13(11)17)7-10-4-2-3-5-14-10/h2-6,8H,7H2,1H3. The second-order valence-corrected chi connectivity index (χ2v) is 5.31. The van der Waals surface area contributed by atoms with Crippen LogP contribution in [0.5, 0.6) is 0 Å². The molecule has 0 fully saturated rings. The number of aromatic nitrogens is 3. The van der Waals surface area contributed by atoms with Crippen molar-refractivity contribution in [3.05, 3.63) is 57.7 Å². The Balaban J connectivity index is 2.08. The van der Waals surface area contributed by atoms with Crippen molar-refractivity contribution in [3.63, 3.8) is 0 Å². The molecule has 3 rings (SSSR count). The number of hydrogen-bond acceptors (Lipinski definition) is 4. The van der Waals surface area contributed by atoms with E-state index in [2.05, 4.69) is 9.97 Å². The van der Waals surface area contributed by atoms with E-state index in [0.29, 0.717) is 11.9 Å². The second kappa shape index (κ2) is 4.34. The molecular weight excluding hydrogens is 246 g/mol. The Labute approximate surface area is 108 Å². The normalized spacial score (nSPS) is 10.9. The van der Waals surface area contributed by atoms with E-state index in [1.54, 1.807) is 28.4 Å². The molecule has 3 heterocycles. The summed E-state index contributed by atoms with van der Waals surface area (Å²) >= 11 is 1.54. The molecule has 0 atom stereocenters. The van der Waals surface area contributed by atoms with Gasteiger partial charge in [-0.3, -0.25) is 14.3 Å². The van der Waals surface area contributed by atoms with Crippen molar-refractivity contribution in [2.75, 3.05) is 0 Å². The second-order valence-electron chi connectivity index (χ2n) is 4.07. The Bertz CT molecular complexity index is 746. The summed E-state index contributed by atoms with van der Waals surface area (Å²) in [6.07, 6.45) is 3.32. The molecule has 0 radical (unpaired) electrons. The van der Waals surface area contributed by atoms with E-state index in [9.17, 15) is 4.79 Å². The van der Waals surface area contributed by atoms with Gasteiger partial charge in [0.2, 0.25) is 0 Å². The monoisotopic (exact) mass is 257 g/mol. The molecule has 3 aromatic heterocycles. The molecule has 0 saturated carbocycles. The van der Waals surface area contributed by atoms with Crippen molar-refractivity contribution in [2.45, 2.75) is 13.5 Å². The van der Waals surface area contributed by atoms with E-state index in [0.717, 1.165) is 15.4 Å². The highest BCUT2D eigenvalue weighted by atomic mass is 32.1. The van der Waals surface area contributed by atoms with Crippen LogP contribution in [-0.4, -0.2) is 14.5 Å². The molecule has 18 heavy (non-hydrogen) atoms. The lowest BCUT2D eigenvalue weighted by atomic mass is 10.3. The minimum atomic E-state index is -0.00463. The van der Waals surface area contributed by atoms with Gasteiger partial charge >= 0.3 is 0 Å². The van der Waals surface area contributed by atoms with Gasteiger partial charge in [0, 0.05) is 11.1 Å². The Morgan fingerprint density at radius 2 is 2.22 bits per heavy atom. The van der Waals surface area contributed by atoms with Gasteiger partial charge in [-0.2, -0.15) is 0 Å². The summed E-state index contributed by atoms with van der Waals surface area (Å²) in [6, 6.07) is 7.56. The molecule has 0 aliphatic rings. The zero-order chi connectivity index (χ0) is 12.5. The molecule has 0 N–H and O–H groups in total. The van der Waals surface area contributed by atoms with Crippen molar-refractivity contribution in [3.8, 4) is 0 Å². The highest BCUT2D eigenvalue weighted by Crippen LogP contribution is 2.19. The average molecular weight is 257 g/mol. The van der Waals surface area contributed by atoms with Crippen LogP contribution in [0.15, 0.2) is 41.6 Å². The molecule has 0 bridgehead atoms. The summed E-state index contributed by atoms with van der Waals surface area (Å²) in [5.74, 6) is 0. The Hall–Kier alpha value is -2.01. The van der Waals surface area contributed by atoms with Gasteiger partial charge in [-0.25, -0.2) is 4.98 Å². The van der Waals surface area contributed by atoms with Crippen LogP contribution in [0.2, 0.25) is 0 Å². The van der Waals surface area contributed by atoms with Crippen LogP contribution in [0.4, 0.5) is 0 Å². The van der Waals surface area contributed by atoms with Gasteiger partial charge in [-0.15, -0.1) is 11.3 Å². The van der Waals surface area contributed by atoms with Gasteiger partial charge < -0.3 is 0 Å². The first-order valence-electron chi connectivity index (χ1n) is 5.59.